The Morgan fingerprint density at radius 1 is 1.13 bits per heavy atom. The number of carbonyl (C=O) groups is 2. The van der Waals surface area contributed by atoms with Crippen LogP contribution in [0.3, 0.4) is 0 Å². The molecular weight excluding hydrogens is 296 g/mol. The maximum atomic E-state index is 12.3. The van der Waals surface area contributed by atoms with E-state index in [1.54, 1.807) is 13.0 Å². The van der Waals surface area contributed by atoms with Crippen LogP contribution in [0.5, 0.6) is 11.5 Å². The molecule has 1 aliphatic rings. The van der Waals surface area contributed by atoms with Crippen molar-refractivity contribution >= 4 is 17.8 Å². The van der Waals surface area contributed by atoms with E-state index in [0.717, 1.165) is 12.5 Å². The Hall–Kier alpha value is -2.30. The van der Waals surface area contributed by atoms with Crippen LogP contribution in [0.15, 0.2) is 18.2 Å². The van der Waals surface area contributed by atoms with Crippen LogP contribution >= 0.6 is 0 Å². The molecule has 1 heterocycles. The first-order valence-corrected chi connectivity index (χ1v) is 7.92. The monoisotopic (exact) mass is 318 g/mol. The molecule has 0 aliphatic carbocycles. The molecule has 1 unspecified atom stereocenters. The van der Waals surface area contributed by atoms with Crippen molar-refractivity contribution in [1.82, 2.24) is 0 Å². The summed E-state index contributed by atoms with van der Waals surface area (Å²) in [5.41, 5.74) is 0.460. The molecule has 5 nitrogen and oxygen atoms in total. The van der Waals surface area contributed by atoms with E-state index in [0.29, 0.717) is 37.7 Å². The van der Waals surface area contributed by atoms with Gasteiger partial charge in [0.1, 0.15) is 22.8 Å². The van der Waals surface area contributed by atoms with Gasteiger partial charge in [-0.3, -0.25) is 4.79 Å². The van der Waals surface area contributed by atoms with Gasteiger partial charge in [0, 0.05) is 18.9 Å². The van der Waals surface area contributed by atoms with Gasteiger partial charge in [0.2, 0.25) is 0 Å². The number of cyclic esters (lactones) is 1. The molecule has 1 aliphatic heterocycles. The topological polar surface area (TPSA) is 83.8 Å². The van der Waals surface area contributed by atoms with Crippen molar-refractivity contribution in [1.29, 1.82) is 0 Å². The maximum Gasteiger partial charge on any atom is 0.342 e. The second-order valence-corrected chi connectivity index (χ2v) is 5.87. The molecule has 0 saturated heterocycles. The molecule has 2 rings (SSSR count). The number of ether oxygens (including phenoxy) is 1. The van der Waals surface area contributed by atoms with Crippen LogP contribution < -0.4 is 0 Å². The van der Waals surface area contributed by atoms with E-state index < -0.39 is 5.97 Å². The van der Waals surface area contributed by atoms with Crippen molar-refractivity contribution in [2.75, 3.05) is 0 Å². The van der Waals surface area contributed by atoms with Gasteiger partial charge in [-0.2, -0.15) is 0 Å². The molecule has 0 aromatic heterocycles. The second kappa shape index (κ2) is 7.81. The molecule has 0 radical (unpaired) electrons. The Morgan fingerprint density at radius 2 is 1.87 bits per heavy atom. The van der Waals surface area contributed by atoms with Crippen molar-refractivity contribution in [2.45, 2.75) is 51.6 Å². The zero-order chi connectivity index (χ0) is 16.8. The van der Waals surface area contributed by atoms with Crippen LogP contribution in [-0.4, -0.2) is 28.1 Å². The quantitative estimate of drug-likeness (QED) is 0.714. The normalized spacial score (nSPS) is 21.9. The number of rotatable bonds is 0. The Balaban J connectivity index is 2.32. The third kappa shape index (κ3) is 4.84. The van der Waals surface area contributed by atoms with Crippen molar-refractivity contribution in [3.05, 3.63) is 29.3 Å². The van der Waals surface area contributed by atoms with Gasteiger partial charge in [-0.25, -0.2) is 4.79 Å². The molecule has 23 heavy (non-hydrogen) atoms. The average molecular weight is 318 g/mol. The second-order valence-electron chi connectivity index (χ2n) is 5.87. The number of aromatic hydroxyl groups is 2. The first-order chi connectivity index (χ1) is 11.0. The van der Waals surface area contributed by atoms with E-state index in [-0.39, 0.29) is 28.9 Å². The molecule has 0 spiro atoms. The van der Waals surface area contributed by atoms with Crippen LogP contribution in [0.2, 0.25) is 0 Å². The number of hydrogen-bond donors (Lipinski definition) is 2. The molecule has 1 atom stereocenters. The number of ketones is 1. The van der Waals surface area contributed by atoms with Crippen molar-refractivity contribution in [3.63, 3.8) is 0 Å². The molecule has 2 N–H and O–H groups in total. The SMILES string of the molecule is CC1CCCC(=O)CCC/C=C\c2cc(O)cc(O)c2C(=O)O1. The highest BCUT2D eigenvalue weighted by atomic mass is 16.5. The number of phenols is 2. The Morgan fingerprint density at radius 3 is 2.65 bits per heavy atom. The number of esters is 1. The summed E-state index contributed by atoms with van der Waals surface area (Å²) in [6.07, 6.45) is 6.90. The van der Waals surface area contributed by atoms with Gasteiger partial charge in [-0.15, -0.1) is 0 Å². The summed E-state index contributed by atoms with van der Waals surface area (Å²) in [6, 6.07) is 2.54. The largest absolute Gasteiger partial charge is 0.508 e. The van der Waals surface area contributed by atoms with E-state index in [9.17, 15) is 19.8 Å². The molecule has 1 aromatic rings. The van der Waals surface area contributed by atoms with Gasteiger partial charge in [0.15, 0.2) is 0 Å². The summed E-state index contributed by atoms with van der Waals surface area (Å²) in [5.74, 6) is -0.824. The fourth-order valence-electron chi connectivity index (χ4n) is 2.63. The third-order valence-corrected chi connectivity index (χ3v) is 3.84. The molecule has 1 aromatic carbocycles. The first-order valence-electron chi connectivity index (χ1n) is 7.92. The molecule has 124 valence electrons. The van der Waals surface area contributed by atoms with Crippen LogP contribution in [-0.2, 0) is 9.53 Å². The van der Waals surface area contributed by atoms with Gasteiger partial charge < -0.3 is 14.9 Å². The maximum absolute atomic E-state index is 12.3. The lowest BCUT2D eigenvalue weighted by Crippen LogP contribution is -2.16. The molecule has 0 saturated carbocycles. The highest BCUT2D eigenvalue weighted by Crippen LogP contribution is 2.29. The fourth-order valence-corrected chi connectivity index (χ4v) is 2.63. The van der Waals surface area contributed by atoms with Crippen LogP contribution in [0.4, 0.5) is 0 Å². The minimum absolute atomic E-state index is 0.0547. The summed E-state index contributed by atoms with van der Waals surface area (Å²) >= 11 is 0. The van der Waals surface area contributed by atoms with Crippen molar-refractivity contribution in [3.8, 4) is 11.5 Å². The van der Waals surface area contributed by atoms with Crippen LogP contribution in [0.25, 0.3) is 6.08 Å². The zero-order valence-electron chi connectivity index (χ0n) is 13.2. The minimum Gasteiger partial charge on any atom is -0.508 e. The Labute approximate surface area is 135 Å². The highest BCUT2D eigenvalue weighted by molar-refractivity contribution is 5.97. The Kier molecular flexibility index (Phi) is 5.79. The van der Waals surface area contributed by atoms with E-state index in [1.807, 2.05) is 6.08 Å². The van der Waals surface area contributed by atoms with Crippen LogP contribution in [0, 0.1) is 0 Å². The number of Topliss-reactive ketones (excluding diaryl/α,β-unsaturated/α-hetero) is 1. The first kappa shape index (κ1) is 17.1. The summed E-state index contributed by atoms with van der Waals surface area (Å²) in [5, 5.41) is 19.6. The summed E-state index contributed by atoms with van der Waals surface area (Å²) in [6.45, 7) is 1.77. The number of fused-ring (bicyclic) bond motifs is 1. The molecule has 0 fully saturated rings. The number of benzene rings is 1. The fraction of sp³-hybridized carbons (Fsp3) is 0.444. The van der Waals surface area contributed by atoms with Crippen molar-refractivity contribution < 1.29 is 24.5 Å². The predicted molar refractivity (Wildman–Crippen MR) is 86.4 cm³/mol. The predicted octanol–water partition coefficient (Wildman–Crippen LogP) is 3.58. The van der Waals surface area contributed by atoms with Crippen molar-refractivity contribution in [2.24, 2.45) is 0 Å². The third-order valence-electron chi connectivity index (χ3n) is 3.84. The van der Waals surface area contributed by atoms with Crippen LogP contribution in [0.1, 0.15) is 61.4 Å². The number of hydrogen-bond acceptors (Lipinski definition) is 5. The summed E-state index contributed by atoms with van der Waals surface area (Å²) in [4.78, 5) is 24.0. The van der Waals surface area contributed by atoms with Gasteiger partial charge in [-0.1, -0.05) is 12.2 Å². The molecule has 0 amide bonds. The summed E-state index contributed by atoms with van der Waals surface area (Å²) in [7, 11) is 0. The van der Waals surface area contributed by atoms with E-state index >= 15 is 0 Å². The molecule has 5 heteroatoms. The van der Waals surface area contributed by atoms with Gasteiger partial charge in [-0.05, 0) is 44.2 Å². The van der Waals surface area contributed by atoms with E-state index in [4.69, 9.17) is 4.74 Å². The molecule has 0 bridgehead atoms. The number of carbonyl (C=O) groups excluding carboxylic acids is 2. The van der Waals surface area contributed by atoms with Gasteiger partial charge in [0.05, 0.1) is 6.10 Å². The lowest BCUT2D eigenvalue weighted by Gasteiger charge is -2.15. The number of phenolic OH excluding ortho intramolecular Hbond substituents is 2. The highest BCUT2D eigenvalue weighted by Gasteiger charge is 2.20. The zero-order valence-corrected chi connectivity index (χ0v) is 13.2. The standard InChI is InChI=1S/C18H22O5/c1-12-6-5-9-14(19)8-4-2-3-7-13-10-15(20)11-16(21)17(13)18(22)23-12/h3,7,10-12,20-21H,2,4-6,8-9H2,1H3/b7-3-. The minimum atomic E-state index is -0.627. The average Bonchev–Trinajstić information content (AvgIpc) is 2.45. The summed E-state index contributed by atoms with van der Waals surface area (Å²) < 4.78 is 5.35. The lowest BCUT2D eigenvalue weighted by atomic mass is 10.0. The Bertz CT molecular complexity index is 618. The van der Waals surface area contributed by atoms with E-state index in [2.05, 4.69) is 0 Å². The smallest absolute Gasteiger partial charge is 0.342 e. The van der Waals surface area contributed by atoms with E-state index in [1.165, 1.54) is 6.07 Å². The van der Waals surface area contributed by atoms with Gasteiger partial charge in [0.25, 0.3) is 0 Å². The number of allylic oxidation sites excluding steroid dienone is 1. The lowest BCUT2D eigenvalue weighted by molar-refractivity contribution is -0.119. The van der Waals surface area contributed by atoms with Gasteiger partial charge >= 0.3 is 5.97 Å². The molecular formula is C18H22O5.